The van der Waals surface area contributed by atoms with Crippen molar-refractivity contribution in [1.29, 1.82) is 0 Å². The highest BCUT2D eigenvalue weighted by Crippen LogP contribution is 2.34. The largest absolute Gasteiger partial charge is 0.351 e. The Bertz CT molecular complexity index is 1100. The quantitative estimate of drug-likeness (QED) is 0.385. The van der Waals surface area contributed by atoms with Crippen molar-refractivity contribution in [2.45, 2.75) is 69.5 Å². The molecule has 0 atom stereocenters. The molecule has 1 aromatic carbocycles. The number of hydrogen-bond donors (Lipinski definition) is 3. The van der Waals surface area contributed by atoms with Gasteiger partial charge in [0.15, 0.2) is 17.0 Å². The summed E-state index contributed by atoms with van der Waals surface area (Å²) >= 11 is 0. The van der Waals surface area contributed by atoms with Gasteiger partial charge < -0.3 is 20.9 Å². The first-order valence-corrected chi connectivity index (χ1v) is 11.3. The molecule has 3 aromatic rings. The summed E-state index contributed by atoms with van der Waals surface area (Å²) in [7, 11) is 0. The maximum atomic E-state index is 11.0. The molecule has 0 amide bonds. The highest BCUT2D eigenvalue weighted by atomic mass is 16.6. The maximum absolute atomic E-state index is 11.0. The molecule has 0 bridgehead atoms. The van der Waals surface area contributed by atoms with Crippen molar-refractivity contribution in [3.63, 3.8) is 0 Å². The van der Waals surface area contributed by atoms with E-state index < -0.39 is 4.92 Å². The highest BCUT2D eigenvalue weighted by Gasteiger charge is 2.24. The van der Waals surface area contributed by atoms with Crippen molar-refractivity contribution < 1.29 is 4.92 Å². The second-order valence-electron chi connectivity index (χ2n) is 8.84. The molecular formula is C22H28N8O2. The van der Waals surface area contributed by atoms with E-state index in [4.69, 9.17) is 15.7 Å². The predicted octanol–water partition coefficient (Wildman–Crippen LogP) is 4.28. The summed E-state index contributed by atoms with van der Waals surface area (Å²) in [6, 6.07) is 7.28. The molecule has 5 rings (SSSR count). The predicted molar refractivity (Wildman–Crippen MR) is 123 cm³/mol. The molecule has 168 valence electrons. The van der Waals surface area contributed by atoms with E-state index in [-0.39, 0.29) is 11.7 Å². The van der Waals surface area contributed by atoms with E-state index in [2.05, 4.69) is 20.2 Å². The Morgan fingerprint density at radius 2 is 1.75 bits per heavy atom. The van der Waals surface area contributed by atoms with Crippen LogP contribution in [0, 0.1) is 10.1 Å². The normalized spacial score (nSPS) is 21.7. The molecule has 0 radical (unpaired) electrons. The Morgan fingerprint density at radius 1 is 1.03 bits per heavy atom. The zero-order chi connectivity index (χ0) is 22.1. The lowest BCUT2D eigenvalue weighted by Gasteiger charge is -2.27. The minimum absolute atomic E-state index is 0.0479. The van der Waals surface area contributed by atoms with Crippen LogP contribution < -0.4 is 16.4 Å². The van der Waals surface area contributed by atoms with Gasteiger partial charge in [0.2, 0.25) is 5.95 Å². The summed E-state index contributed by atoms with van der Waals surface area (Å²) in [6.45, 7) is 0. The van der Waals surface area contributed by atoms with Crippen LogP contribution in [0.5, 0.6) is 0 Å². The standard InChI is InChI=1S/C22H28N8O2/c23-14-5-7-16(8-6-14)26-22-27-20(25-15-9-11-18(12-10-15)30(31)32)19-21(28-22)29(13-24-19)17-3-1-2-4-17/h9-14,16-17H,1-8,23H2,(H2,25,26,27,28). The van der Waals surface area contributed by atoms with Crippen molar-refractivity contribution in [2.75, 3.05) is 10.6 Å². The van der Waals surface area contributed by atoms with Crippen LogP contribution in [-0.4, -0.2) is 36.5 Å². The van der Waals surface area contributed by atoms with Gasteiger partial charge >= 0.3 is 0 Å². The van der Waals surface area contributed by atoms with Crippen molar-refractivity contribution in [2.24, 2.45) is 5.73 Å². The smallest absolute Gasteiger partial charge is 0.269 e. The second kappa shape index (κ2) is 8.70. The van der Waals surface area contributed by atoms with Crippen LogP contribution in [0.1, 0.15) is 57.4 Å². The molecule has 0 saturated heterocycles. The maximum Gasteiger partial charge on any atom is 0.269 e. The molecule has 2 aliphatic carbocycles. The molecule has 2 aromatic heterocycles. The van der Waals surface area contributed by atoms with E-state index in [1.54, 1.807) is 12.1 Å². The molecule has 10 nitrogen and oxygen atoms in total. The number of hydrogen-bond acceptors (Lipinski definition) is 8. The molecule has 0 spiro atoms. The second-order valence-corrected chi connectivity index (χ2v) is 8.84. The highest BCUT2D eigenvalue weighted by molar-refractivity contribution is 5.86. The van der Waals surface area contributed by atoms with Gasteiger partial charge in [-0.15, -0.1) is 0 Å². The number of nitro benzene ring substituents is 1. The SMILES string of the molecule is NC1CCC(Nc2nc(Nc3ccc([N+](=O)[O-])cc3)c3ncn(C4CCCC4)c3n2)CC1. The fourth-order valence-electron chi connectivity index (χ4n) is 4.77. The van der Waals surface area contributed by atoms with Gasteiger partial charge in [0, 0.05) is 35.9 Å². The Balaban J connectivity index is 1.48. The van der Waals surface area contributed by atoms with Crippen LogP contribution in [0.15, 0.2) is 30.6 Å². The number of nitrogens with two attached hydrogens (primary N) is 1. The van der Waals surface area contributed by atoms with E-state index in [0.717, 1.165) is 44.2 Å². The first-order chi connectivity index (χ1) is 15.6. The summed E-state index contributed by atoms with van der Waals surface area (Å²) in [5, 5.41) is 17.8. The lowest BCUT2D eigenvalue weighted by molar-refractivity contribution is -0.384. The fourth-order valence-corrected chi connectivity index (χ4v) is 4.77. The van der Waals surface area contributed by atoms with Gasteiger partial charge in [0.25, 0.3) is 5.69 Å². The van der Waals surface area contributed by atoms with Crippen LogP contribution in [0.4, 0.5) is 23.1 Å². The zero-order valence-electron chi connectivity index (χ0n) is 17.9. The Hall–Kier alpha value is -3.27. The molecule has 10 heteroatoms. The van der Waals surface area contributed by atoms with Crippen molar-refractivity contribution in [3.8, 4) is 0 Å². The van der Waals surface area contributed by atoms with Crippen molar-refractivity contribution >= 4 is 34.3 Å². The number of fused-ring (bicyclic) bond motifs is 1. The van der Waals surface area contributed by atoms with Gasteiger partial charge in [0.05, 0.1) is 11.3 Å². The lowest BCUT2D eigenvalue weighted by Crippen LogP contribution is -2.33. The monoisotopic (exact) mass is 436 g/mol. The zero-order valence-corrected chi connectivity index (χ0v) is 17.9. The molecule has 2 heterocycles. The third-order valence-electron chi connectivity index (χ3n) is 6.59. The number of nitro groups is 1. The Labute approximate surface area is 185 Å². The van der Waals surface area contributed by atoms with Crippen LogP contribution in [0.2, 0.25) is 0 Å². The van der Waals surface area contributed by atoms with Gasteiger partial charge in [-0.05, 0) is 50.7 Å². The van der Waals surface area contributed by atoms with Crippen LogP contribution in [0.3, 0.4) is 0 Å². The molecule has 2 saturated carbocycles. The summed E-state index contributed by atoms with van der Waals surface area (Å²) in [4.78, 5) is 24.8. The lowest BCUT2D eigenvalue weighted by atomic mass is 9.92. The van der Waals surface area contributed by atoms with Crippen LogP contribution in [-0.2, 0) is 0 Å². The number of imidazole rings is 1. The average Bonchev–Trinajstić information content (AvgIpc) is 3.46. The van der Waals surface area contributed by atoms with E-state index in [1.807, 2.05) is 6.33 Å². The molecule has 2 aliphatic rings. The minimum Gasteiger partial charge on any atom is -0.351 e. The molecule has 32 heavy (non-hydrogen) atoms. The van der Waals surface area contributed by atoms with E-state index in [0.29, 0.717) is 35.1 Å². The summed E-state index contributed by atoms with van der Waals surface area (Å²) in [6.07, 6.45) is 10.5. The van der Waals surface area contributed by atoms with E-state index in [9.17, 15) is 10.1 Å². The van der Waals surface area contributed by atoms with Gasteiger partial charge in [-0.3, -0.25) is 10.1 Å². The van der Waals surface area contributed by atoms with Crippen molar-refractivity contribution in [1.82, 2.24) is 19.5 Å². The van der Waals surface area contributed by atoms with Gasteiger partial charge in [-0.2, -0.15) is 9.97 Å². The first-order valence-electron chi connectivity index (χ1n) is 11.3. The first kappa shape index (κ1) is 20.6. The summed E-state index contributed by atoms with van der Waals surface area (Å²) < 4.78 is 2.17. The molecule has 4 N–H and O–H groups in total. The van der Waals surface area contributed by atoms with Crippen molar-refractivity contribution in [3.05, 3.63) is 40.7 Å². The molecule has 0 unspecified atom stereocenters. The Morgan fingerprint density at radius 3 is 2.44 bits per heavy atom. The fraction of sp³-hybridized carbons (Fsp3) is 0.500. The van der Waals surface area contributed by atoms with Crippen LogP contribution in [0.25, 0.3) is 11.2 Å². The van der Waals surface area contributed by atoms with Gasteiger partial charge in [-0.1, -0.05) is 12.8 Å². The molecule has 2 fully saturated rings. The summed E-state index contributed by atoms with van der Waals surface area (Å²) in [5.74, 6) is 1.16. The topological polar surface area (TPSA) is 137 Å². The summed E-state index contributed by atoms with van der Waals surface area (Å²) in [5.41, 5.74) is 8.33. The van der Waals surface area contributed by atoms with Crippen LogP contribution >= 0.6 is 0 Å². The average molecular weight is 437 g/mol. The third kappa shape index (κ3) is 4.22. The number of nitrogens with one attached hydrogen (secondary N) is 2. The number of rotatable bonds is 6. The number of benzene rings is 1. The minimum atomic E-state index is -0.409. The van der Waals surface area contributed by atoms with E-state index in [1.165, 1.54) is 25.0 Å². The number of nitrogens with zero attached hydrogens (tertiary/aromatic N) is 5. The molecular weight excluding hydrogens is 408 g/mol. The number of aromatic nitrogens is 4. The van der Waals surface area contributed by atoms with Gasteiger partial charge in [0.1, 0.15) is 0 Å². The number of anilines is 3. The van der Waals surface area contributed by atoms with Gasteiger partial charge in [-0.25, -0.2) is 4.98 Å². The van der Waals surface area contributed by atoms with E-state index >= 15 is 0 Å². The Kier molecular flexibility index (Phi) is 5.60. The molecule has 0 aliphatic heterocycles. The third-order valence-corrected chi connectivity index (χ3v) is 6.59. The number of non-ortho nitro benzene ring substituents is 1.